The standard InChI is InChI=1S/C42H73NO5S/c1-3-5-7-9-11-13-15-17-19-21-23-25-27-29-31-33-35-37-41(44)40(39-49(46,47)48)43-42(45)38-36-34-32-30-28-26-24-22-20-18-16-14-12-10-8-6-4-2/h6,8,12,14,18-21,27,29,35,37,40-41,44H,3-5,7,9-11,13,15-17,22-26,28,30-34,36,38-39H2,1-2H3,(H,43,45)(H,46,47,48)/b8-6-,14-12-,20-18-,21-19+,29-27+,37-35+. The van der Waals surface area contributed by atoms with Crippen LogP contribution in [0, 0.1) is 0 Å². The van der Waals surface area contributed by atoms with Gasteiger partial charge in [0.25, 0.3) is 10.1 Å². The smallest absolute Gasteiger partial charge is 0.267 e. The molecule has 0 aliphatic rings. The Labute approximate surface area is 302 Å². The second-order valence-corrected chi connectivity index (χ2v) is 14.7. The van der Waals surface area contributed by atoms with Gasteiger partial charge in [-0.1, -0.05) is 157 Å². The van der Waals surface area contributed by atoms with Crippen molar-refractivity contribution in [3.63, 3.8) is 0 Å². The van der Waals surface area contributed by atoms with Crippen LogP contribution in [-0.4, -0.2) is 41.9 Å². The van der Waals surface area contributed by atoms with Crippen LogP contribution < -0.4 is 5.32 Å². The number of carbonyl (C=O) groups is 1. The van der Waals surface area contributed by atoms with Crippen molar-refractivity contribution in [1.82, 2.24) is 5.32 Å². The molecule has 0 aromatic carbocycles. The third-order valence-corrected chi connectivity index (χ3v) is 9.12. The van der Waals surface area contributed by atoms with Crippen LogP contribution in [0.1, 0.15) is 168 Å². The largest absolute Gasteiger partial charge is 0.387 e. The van der Waals surface area contributed by atoms with Gasteiger partial charge in [0.2, 0.25) is 5.91 Å². The molecule has 0 aromatic heterocycles. The molecule has 7 heteroatoms. The highest BCUT2D eigenvalue weighted by atomic mass is 32.2. The Morgan fingerprint density at radius 3 is 1.53 bits per heavy atom. The van der Waals surface area contributed by atoms with Gasteiger partial charge in [0.05, 0.1) is 17.9 Å². The van der Waals surface area contributed by atoms with Gasteiger partial charge in [-0.15, -0.1) is 0 Å². The molecule has 0 aromatic rings. The lowest BCUT2D eigenvalue weighted by Gasteiger charge is -2.21. The number of amides is 1. The summed E-state index contributed by atoms with van der Waals surface area (Å²) in [6.45, 7) is 4.40. The third-order valence-electron chi connectivity index (χ3n) is 8.34. The fourth-order valence-electron chi connectivity index (χ4n) is 5.44. The van der Waals surface area contributed by atoms with Crippen LogP contribution in [0.25, 0.3) is 0 Å². The number of allylic oxidation sites excluding steroid dienone is 11. The molecule has 0 aliphatic carbocycles. The maximum atomic E-state index is 12.5. The van der Waals surface area contributed by atoms with Gasteiger partial charge in [0.1, 0.15) is 0 Å². The fourth-order valence-corrected chi connectivity index (χ4v) is 6.17. The first-order valence-corrected chi connectivity index (χ1v) is 21.2. The van der Waals surface area contributed by atoms with E-state index < -0.39 is 28.0 Å². The molecule has 0 aliphatic heterocycles. The van der Waals surface area contributed by atoms with Crippen LogP contribution >= 0.6 is 0 Å². The van der Waals surface area contributed by atoms with E-state index in [0.29, 0.717) is 12.8 Å². The van der Waals surface area contributed by atoms with Gasteiger partial charge in [-0.05, 0) is 77.0 Å². The summed E-state index contributed by atoms with van der Waals surface area (Å²) in [4.78, 5) is 12.5. The van der Waals surface area contributed by atoms with E-state index >= 15 is 0 Å². The number of aliphatic hydroxyl groups excluding tert-OH is 1. The first kappa shape index (κ1) is 46.8. The summed E-state index contributed by atoms with van der Waals surface area (Å²) >= 11 is 0. The zero-order valence-corrected chi connectivity index (χ0v) is 32.1. The van der Waals surface area contributed by atoms with Gasteiger partial charge < -0.3 is 10.4 Å². The zero-order chi connectivity index (χ0) is 36.1. The lowest BCUT2D eigenvalue weighted by atomic mass is 10.1. The van der Waals surface area contributed by atoms with Crippen molar-refractivity contribution < 1.29 is 22.9 Å². The molecule has 2 atom stereocenters. The molecule has 0 saturated heterocycles. The molecule has 0 fully saturated rings. The quantitative estimate of drug-likeness (QED) is 0.0351. The summed E-state index contributed by atoms with van der Waals surface area (Å²) in [5, 5.41) is 13.2. The maximum absolute atomic E-state index is 12.5. The molecule has 3 N–H and O–H groups in total. The van der Waals surface area contributed by atoms with E-state index in [1.54, 1.807) is 6.08 Å². The van der Waals surface area contributed by atoms with Crippen LogP contribution in [0.2, 0.25) is 0 Å². The van der Waals surface area contributed by atoms with Crippen LogP contribution in [0.5, 0.6) is 0 Å². The average Bonchev–Trinajstić information content (AvgIpc) is 3.06. The van der Waals surface area contributed by atoms with E-state index in [-0.39, 0.29) is 12.3 Å². The minimum Gasteiger partial charge on any atom is -0.387 e. The van der Waals surface area contributed by atoms with Crippen molar-refractivity contribution in [1.29, 1.82) is 0 Å². The van der Waals surface area contributed by atoms with Gasteiger partial charge in [0, 0.05) is 6.42 Å². The number of aliphatic hydroxyl groups is 1. The second kappa shape index (κ2) is 35.6. The van der Waals surface area contributed by atoms with E-state index in [2.05, 4.69) is 79.9 Å². The van der Waals surface area contributed by atoms with Crippen molar-refractivity contribution in [3.05, 3.63) is 72.9 Å². The number of nitrogens with one attached hydrogen (secondary N) is 1. The van der Waals surface area contributed by atoms with Crippen LogP contribution in [-0.2, 0) is 14.9 Å². The molecule has 0 spiro atoms. The highest BCUT2D eigenvalue weighted by Gasteiger charge is 2.24. The number of hydrogen-bond donors (Lipinski definition) is 3. The summed E-state index contributed by atoms with van der Waals surface area (Å²) in [6.07, 6.45) is 50.2. The fraction of sp³-hybridized carbons (Fsp3) is 0.690. The Balaban J connectivity index is 4.06. The molecule has 2 unspecified atom stereocenters. The van der Waals surface area contributed by atoms with Gasteiger partial charge >= 0.3 is 0 Å². The molecular formula is C42H73NO5S. The monoisotopic (exact) mass is 704 g/mol. The van der Waals surface area contributed by atoms with E-state index in [9.17, 15) is 22.9 Å². The van der Waals surface area contributed by atoms with E-state index in [1.165, 1.54) is 76.7 Å². The number of hydrogen-bond acceptors (Lipinski definition) is 4. The minimum atomic E-state index is -4.36. The lowest BCUT2D eigenvalue weighted by Crippen LogP contribution is -2.46. The summed E-state index contributed by atoms with van der Waals surface area (Å²) in [6, 6.07) is -1.09. The highest BCUT2D eigenvalue weighted by Crippen LogP contribution is 2.12. The normalized spacial score (nSPS) is 14.1. The molecule has 282 valence electrons. The van der Waals surface area contributed by atoms with Gasteiger partial charge in [-0.3, -0.25) is 9.35 Å². The minimum absolute atomic E-state index is 0.269. The molecule has 0 rings (SSSR count). The Hall–Kier alpha value is -2.22. The van der Waals surface area contributed by atoms with E-state index in [4.69, 9.17) is 0 Å². The van der Waals surface area contributed by atoms with Crippen molar-refractivity contribution in [3.8, 4) is 0 Å². The van der Waals surface area contributed by atoms with E-state index in [0.717, 1.165) is 64.2 Å². The molecule has 49 heavy (non-hydrogen) atoms. The molecule has 0 saturated carbocycles. The van der Waals surface area contributed by atoms with Crippen LogP contribution in [0.3, 0.4) is 0 Å². The van der Waals surface area contributed by atoms with Crippen molar-refractivity contribution in [2.45, 2.75) is 180 Å². The SMILES string of the molecule is CC/C=C\C/C=C\C/C=C\CCCCCCCCCC(=O)NC(CS(=O)(=O)O)C(O)/C=C/CC/C=C/CC/C=C/CCCCCCCCC. The van der Waals surface area contributed by atoms with Crippen molar-refractivity contribution in [2.75, 3.05) is 5.75 Å². The van der Waals surface area contributed by atoms with Gasteiger partial charge in [-0.2, -0.15) is 8.42 Å². The second-order valence-electron chi connectivity index (χ2n) is 13.2. The zero-order valence-electron chi connectivity index (χ0n) is 31.3. The first-order chi connectivity index (χ1) is 23.8. The lowest BCUT2D eigenvalue weighted by molar-refractivity contribution is -0.122. The molecule has 0 bridgehead atoms. The molecule has 0 heterocycles. The Morgan fingerprint density at radius 1 is 0.571 bits per heavy atom. The molecule has 0 radical (unpaired) electrons. The van der Waals surface area contributed by atoms with Crippen LogP contribution in [0.15, 0.2) is 72.9 Å². The van der Waals surface area contributed by atoms with Gasteiger partial charge in [-0.25, -0.2) is 0 Å². The summed E-state index contributed by atoms with van der Waals surface area (Å²) in [7, 11) is -4.36. The predicted molar refractivity (Wildman–Crippen MR) is 211 cm³/mol. The van der Waals surface area contributed by atoms with E-state index in [1.807, 2.05) is 0 Å². The van der Waals surface area contributed by atoms with Crippen molar-refractivity contribution >= 4 is 16.0 Å². The first-order valence-electron chi connectivity index (χ1n) is 19.6. The number of rotatable bonds is 34. The Kier molecular flexibility index (Phi) is 34.0. The number of carbonyl (C=O) groups excluding carboxylic acids is 1. The van der Waals surface area contributed by atoms with Crippen molar-refractivity contribution in [2.24, 2.45) is 0 Å². The third kappa shape index (κ3) is 36.9. The number of unbranched alkanes of at least 4 members (excludes halogenated alkanes) is 16. The predicted octanol–water partition coefficient (Wildman–Crippen LogP) is 11.5. The molecular weight excluding hydrogens is 631 g/mol. The van der Waals surface area contributed by atoms with Crippen LogP contribution in [0.4, 0.5) is 0 Å². The van der Waals surface area contributed by atoms with Gasteiger partial charge in [0.15, 0.2) is 0 Å². The summed E-state index contributed by atoms with van der Waals surface area (Å²) < 4.78 is 32.4. The molecule has 6 nitrogen and oxygen atoms in total. The Morgan fingerprint density at radius 2 is 1.00 bits per heavy atom. The summed E-state index contributed by atoms with van der Waals surface area (Å²) in [5.41, 5.74) is 0. The highest BCUT2D eigenvalue weighted by molar-refractivity contribution is 7.85. The maximum Gasteiger partial charge on any atom is 0.267 e. The Bertz CT molecular complexity index is 1040. The average molecular weight is 704 g/mol. The topological polar surface area (TPSA) is 104 Å². The summed E-state index contributed by atoms with van der Waals surface area (Å²) in [5.74, 6) is -1.03. The molecule has 1 amide bonds.